The molecule has 0 radical (unpaired) electrons. The number of rotatable bonds is 3. The van der Waals surface area contributed by atoms with Crippen LogP contribution in [0.4, 0.5) is 5.95 Å². The lowest BCUT2D eigenvalue weighted by molar-refractivity contribution is 0.0704. The first kappa shape index (κ1) is 20.6. The largest absolute Gasteiger partial charge is 0.339 e. The van der Waals surface area contributed by atoms with Crippen LogP contribution in [0.2, 0.25) is 0 Å². The second-order valence-corrected chi connectivity index (χ2v) is 8.79. The molecule has 1 fully saturated rings. The Morgan fingerprint density at radius 3 is 2.72 bits per heavy atom. The molecule has 1 aliphatic heterocycles. The van der Waals surface area contributed by atoms with Crippen LogP contribution in [0.3, 0.4) is 0 Å². The summed E-state index contributed by atoms with van der Waals surface area (Å²) in [5, 5.41) is 8.39. The van der Waals surface area contributed by atoms with Crippen molar-refractivity contribution in [3.8, 4) is 5.69 Å². The minimum atomic E-state index is 0.0530. The summed E-state index contributed by atoms with van der Waals surface area (Å²) < 4.78 is 0. The maximum absolute atomic E-state index is 13.6. The van der Waals surface area contributed by atoms with E-state index in [0.29, 0.717) is 12.1 Å². The molecule has 1 aromatic carbocycles. The molecule has 1 aliphatic carbocycles. The van der Waals surface area contributed by atoms with Gasteiger partial charge in [-0.2, -0.15) is 15.0 Å². The third kappa shape index (κ3) is 3.97. The standard InChI is InChI=1S/C24H29N7O/c1-17-7-8-20(31-26-10-11-27-31)15-21(17)23(32)30-14-13-29(12-9-18(30)2)24-25-16-19-5-3-4-6-22(19)28-24/h7-8,10-11,15-16,18H,3-6,9,12-14H2,1-2H3/t18-/m1/s1. The highest BCUT2D eigenvalue weighted by molar-refractivity contribution is 5.96. The fourth-order valence-corrected chi connectivity index (χ4v) is 4.65. The normalized spacial score (nSPS) is 18.9. The summed E-state index contributed by atoms with van der Waals surface area (Å²) in [4.78, 5) is 28.9. The number of aromatic nitrogens is 5. The minimum absolute atomic E-state index is 0.0530. The molecule has 32 heavy (non-hydrogen) atoms. The summed E-state index contributed by atoms with van der Waals surface area (Å²) in [6, 6.07) is 5.92. The van der Waals surface area contributed by atoms with Crippen LogP contribution in [-0.4, -0.2) is 61.4 Å². The van der Waals surface area contributed by atoms with Crippen molar-refractivity contribution in [2.24, 2.45) is 0 Å². The van der Waals surface area contributed by atoms with E-state index in [9.17, 15) is 4.79 Å². The highest BCUT2D eigenvalue weighted by atomic mass is 16.2. The molecule has 8 nitrogen and oxygen atoms in total. The molecule has 0 unspecified atom stereocenters. The Bertz CT molecular complexity index is 1110. The average molecular weight is 432 g/mol. The average Bonchev–Trinajstić information content (AvgIpc) is 3.29. The van der Waals surface area contributed by atoms with Crippen molar-refractivity contribution in [1.82, 2.24) is 29.9 Å². The highest BCUT2D eigenvalue weighted by Gasteiger charge is 2.28. The number of carbonyl (C=O) groups excluding carboxylic acids is 1. The summed E-state index contributed by atoms with van der Waals surface area (Å²) in [5.41, 5.74) is 4.94. The number of nitrogens with zero attached hydrogens (tertiary/aromatic N) is 7. The van der Waals surface area contributed by atoms with Crippen molar-refractivity contribution >= 4 is 11.9 Å². The van der Waals surface area contributed by atoms with Gasteiger partial charge in [-0.3, -0.25) is 4.79 Å². The molecule has 3 heterocycles. The zero-order chi connectivity index (χ0) is 22.1. The van der Waals surface area contributed by atoms with E-state index in [4.69, 9.17) is 4.98 Å². The van der Waals surface area contributed by atoms with Gasteiger partial charge in [0.05, 0.1) is 18.1 Å². The van der Waals surface area contributed by atoms with Gasteiger partial charge in [0.25, 0.3) is 5.91 Å². The summed E-state index contributed by atoms with van der Waals surface area (Å²) in [7, 11) is 0. The lowest BCUT2D eigenvalue weighted by Gasteiger charge is -2.27. The molecule has 3 aromatic rings. The zero-order valence-electron chi connectivity index (χ0n) is 18.7. The van der Waals surface area contributed by atoms with Crippen LogP contribution in [0, 0.1) is 6.92 Å². The zero-order valence-corrected chi connectivity index (χ0v) is 18.7. The van der Waals surface area contributed by atoms with Gasteiger partial charge < -0.3 is 9.80 Å². The van der Waals surface area contributed by atoms with E-state index >= 15 is 0 Å². The first-order valence-corrected chi connectivity index (χ1v) is 11.5. The van der Waals surface area contributed by atoms with E-state index in [2.05, 4.69) is 27.0 Å². The Kier molecular flexibility index (Phi) is 5.59. The van der Waals surface area contributed by atoms with Crippen molar-refractivity contribution < 1.29 is 4.79 Å². The Hall–Kier alpha value is -3.29. The van der Waals surface area contributed by atoms with Crippen LogP contribution in [0.5, 0.6) is 0 Å². The van der Waals surface area contributed by atoms with E-state index in [1.165, 1.54) is 28.9 Å². The summed E-state index contributed by atoms with van der Waals surface area (Å²) >= 11 is 0. The number of aryl methyl sites for hydroxylation is 3. The van der Waals surface area contributed by atoms with Crippen LogP contribution < -0.4 is 4.90 Å². The molecule has 0 bridgehead atoms. The monoisotopic (exact) mass is 431 g/mol. The Morgan fingerprint density at radius 2 is 1.88 bits per heavy atom. The molecule has 166 valence electrons. The van der Waals surface area contributed by atoms with E-state index in [0.717, 1.165) is 49.6 Å². The number of carbonyl (C=O) groups is 1. The summed E-state index contributed by atoms with van der Waals surface area (Å²) in [6.45, 7) is 6.32. The van der Waals surface area contributed by atoms with E-state index < -0.39 is 0 Å². The fraction of sp³-hybridized carbons (Fsp3) is 0.458. The molecule has 2 aliphatic rings. The van der Waals surface area contributed by atoms with Crippen LogP contribution in [-0.2, 0) is 12.8 Å². The summed E-state index contributed by atoms with van der Waals surface area (Å²) in [6.07, 6.45) is 10.7. The maximum Gasteiger partial charge on any atom is 0.254 e. The van der Waals surface area contributed by atoms with Gasteiger partial charge in [0.1, 0.15) is 0 Å². The van der Waals surface area contributed by atoms with E-state index in [-0.39, 0.29) is 11.9 Å². The lowest BCUT2D eigenvalue weighted by Crippen LogP contribution is -2.40. The SMILES string of the molecule is Cc1ccc(-n2nccn2)cc1C(=O)N1CCN(c2ncc3c(n2)CCCC3)CC[C@H]1C. The van der Waals surface area contributed by atoms with Gasteiger partial charge in [-0.05, 0) is 69.2 Å². The van der Waals surface area contributed by atoms with Crippen LogP contribution in [0.25, 0.3) is 5.69 Å². The molecule has 1 amide bonds. The minimum Gasteiger partial charge on any atom is -0.339 e. The second kappa shape index (κ2) is 8.68. The van der Waals surface area contributed by atoms with Crippen LogP contribution >= 0.6 is 0 Å². The number of amides is 1. The van der Waals surface area contributed by atoms with Crippen LogP contribution in [0.15, 0.2) is 36.8 Å². The molecule has 1 atom stereocenters. The smallest absolute Gasteiger partial charge is 0.254 e. The topological polar surface area (TPSA) is 80.0 Å². The predicted octanol–water partition coefficient (Wildman–Crippen LogP) is 2.99. The van der Waals surface area contributed by atoms with E-state index in [1.54, 1.807) is 12.4 Å². The Labute approximate surface area is 188 Å². The molecular weight excluding hydrogens is 402 g/mol. The lowest BCUT2D eigenvalue weighted by atomic mass is 9.98. The van der Waals surface area contributed by atoms with E-state index in [1.807, 2.05) is 36.2 Å². The van der Waals surface area contributed by atoms with Crippen molar-refractivity contribution in [3.63, 3.8) is 0 Å². The number of hydrogen-bond acceptors (Lipinski definition) is 6. The third-order valence-electron chi connectivity index (χ3n) is 6.66. The van der Waals surface area contributed by atoms with Crippen molar-refractivity contribution in [2.45, 2.75) is 52.0 Å². The van der Waals surface area contributed by atoms with Crippen LogP contribution in [0.1, 0.15) is 53.4 Å². The molecule has 5 rings (SSSR count). The first-order valence-electron chi connectivity index (χ1n) is 11.5. The maximum atomic E-state index is 13.6. The summed E-state index contributed by atoms with van der Waals surface area (Å²) in [5.74, 6) is 0.854. The number of hydrogen-bond donors (Lipinski definition) is 0. The third-order valence-corrected chi connectivity index (χ3v) is 6.66. The van der Waals surface area contributed by atoms with Gasteiger partial charge in [0.15, 0.2) is 0 Å². The van der Waals surface area contributed by atoms with Gasteiger partial charge in [-0.25, -0.2) is 9.97 Å². The first-order chi connectivity index (χ1) is 15.6. The molecule has 1 saturated heterocycles. The highest BCUT2D eigenvalue weighted by Crippen LogP contribution is 2.24. The molecular formula is C24H29N7O. The molecule has 0 saturated carbocycles. The van der Waals surface area contributed by atoms with Crippen molar-refractivity contribution in [1.29, 1.82) is 0 Å². The van der Waals surface area contributed by atoms with Gasteiger partial charge >= 0.3 is 0 Å². The Morgan fingerprint density at radius 1 is 1.06 bits per heavy atom. The van der Waals surface area contributed by atoms with Gasteiger partial charge in [0.2, 0.25) is 5.95 Å². The fourth-order valence-electron chi connectivity index (χ4n) is 4.65. The number of benzene rings is 1. The molecule has 8 heteroatoms. The van der Waals surface area contributed by atoms with Gasteiger partial charge in [-0.15, -0.1) is 0 Å². The number of fused-ring (bicyclic) bond motifs is 1. The Balaban J connectivity index is 1.35. The molecule has 2 aromatic heterocycles. The van der Waals surface area contributed by atoms with Gasteiger partial charge in [-0.1, -0.05) is 6.07 Å². The molecule has 0 spiro atoms. The van der Waals surface area contributed by atoms with Gasteiger partial charge in [0, 0.05) is 43.1 Å². The van der Waals surface area contributed by atoms with Crippen molar-refractivity contribution in [3.05, 3.63) is 59.2 Å². The quantitative estimate of drug-likeness (QED) is 0.634. The second-order valence-electron chi connectivity index (χ2n) is 8.79. The molecule has 0 N–H and O–H groups in total. The number of anilines is 1. The van der Waals surface area contributed by atoms with Crippen molar-refractivity contribution in [2.75, 3.05) is 24.5 Å². The predicted molar refractivity (Wildman–Crippen MR) is 122 cm³/mol.